The fourth-order valence-electron chi connectivity index (χ4n) is 2.25. The van der Waals surface area contributed by atoms with Crippen molar-refractivity contribution in [2.75, 3.05) is 11.4 Å². The molecule has 0 aromatic carbocycles. The summed E-state index contributed by atoms with van der Waals surface area (Å²) < 4.78 is 0. The molecule has 3 rings (SSSR count). The molecule has 0 aliphatic carbocycles. The molecule has 2 aromatic rings. The molecule has 5 nitrogen and oxygen atoms in total. The molecule has 84 valence electrons. The highest BCUT2D eigenvalue weighted by Gasteiger charge is 2.24. The Hall–Kier alpha value is -1.36. The Labute approximate surface area is 97.9 Å². The lowest BCUT2D eigenvalue weighted by atomic mass is 10.2. The van der Waals surface area contributed by atoms with Gasteiger partial charge in [-0.3, -0.25) is 0 Å². The Morgan fingerprint density at radius 3 is 3.12 bits per heavy atom. The first-order valence-electron chi connectivity index (χ1n) is 5.39. The predicted octanol–water partition coefficient (Wildman–Crippen LogP) is 1.99. The molecule has 3 heterocycles. The summed E-state index contributed by atoms with van der Waals surface area (Å²) >= 11 is 5.90. The van der Waals surface area contributed by atoms with Crippen LogP contribution >= 0.6 is 11.6 Å². The number of rotatable bonds is 1. The van der Waals surface area contributed by atoms with Crippen LogP contribution in [0.2, 0.25) is 5.28 Å². The number of imidazole rings is 1. The van der Waals surface area contributed by atoms with Crippen molar-refractivity contribution in [3.8, 4) is 0 Å². The van der Waals surface area contributed by atoms with Gasteiger partial charge < -0.3 is 9.88 Å². The van der Waals surface area contributed by atoms with Crippen LogP contribution in [0.15, 0.2) is 6.33 Å². The van der Waals surface area contributed by atoms with Crippen molar-refractivity contribution in [1.29, 1.82) is 0 Å². The number of aromatic amines is 1. The van der Waals surface area contributed by atoms with Gasteiger partial charge in [-0.25, -0.2) is 4.98 Å². The highest BCUT2D eigenvalue weighted by atomic mass is 35.5. The minimum Gasteiger partial charge on any atom is -0.352 e. The molecule has 2 aromatic heterocycles. The van der Waals surface area contributed by atoms with Crippen molar-refractivity contribution in [2.45, 2.75) is 25.8 Å². The molecule has 6 heteroatoms. The van der Waals surface area contributed by atoms with E-state index in [9.17, 15) is 0 Å². The van der Waals surface area contributed by atoms with Gasteiger partial charge in [0.2, 0.25) is 5.28 Å². The van der Waals surface area contributed by atoms with Crippen LogP contribution in [0.25, 0.3) is 11.2 Å². The fraction of sp³-hybridized carbons (Fsp3) is 0.500. The SMILES string of the molecule is CC1CCCN1c1nc(Cl)nc2nc[nH]c12. The molecule has 1 atom stereocenters. The number of fused-ring (bicyclic) bond motifs is 1. The molecule has 0 amide bonds. The van der Waals surface area contributed by atoms with E-state index in [4.69, 9.17) is 11.6 Å². The largest absolute Gasteiger partial charge is 0.352 e. The molecular formula is C10H12ClN5. The van der Waals surface area contributed by atoms with Crippen molar-refractivity contribution in [3.05, 3.63) is 11.6 Å². The summed E-state index contributed by atoms with van der Waals surface area (Å²) in [6, 6.07) is 0.498. The zero-order chi connectivity index (χ0) is 11.1. The van der Waals surface area contributed by atoms with Crippen molar-refractivity contribution in [3.63, 3.8) is 0 Å². The van der Waals surface area contributed by atoms with Crippen LogP contribution in [-0.4, -0.2) is 32.5 Å². The number of hydrogen-bond acceptors (Lipinski definition) is 4. The molecule has 1 aliphatic heterocycles. The fourth-order valence-corrected chi connectivity index (χ4v) is 2.41. The van der Waals surface area contributed by atoms with Gasteiger partial charge in [-0.05, 0) is 31.4 Å². The molecule has 1 saturated heterocycles. The van der Waals surface area contributed by atoms with Crippen LogP contribution in [0.4, 0.5) is 5.82 Å². The van der Waals surface area contributed by atoms with Gasteiger partial charge in [-0.1, -0.05) is 0 Å². The minimum absolute atomic E-state index is 0.258. The van der Waals surface area contributed by atoms with Gasteiger partial charge in [0.05, 0.1) is 6.33 Å². The summed E-state index contributed by atoms with van der Waals surface area (Å²) in [5, 5.41) is 0.258. The summed E-state index contributed by atoms with van der Waals surface area (Å²) in [7, 11) is 0. The lowest BCUT2D eigenvalue weighted by molar-refractivity contribution is 0.728. The normalized spacial score (nSPS) is 20.9. The average Bonchev–Trinajstić information content (AvgIpc) is 2.84. The van der Waals surface area contributed by atoms with E-state index in [1.165, 1.54) is 12.8 Å². The van der Waals surface area contributed by atoms with E-state index in [1.807, 2.05) is 0 Å². The third-order valence-corrected chi connectivity index (χ3v) is 3.23. The van der Waals surface area contributed by atoms with Crippen LogP contribution in [0, 0.1) is 0 Å². The smallest absolute Gasteiger partial charge is 0.226 e. The minimum atomic E-state index is 0.258. The summed E-state index contributed by atoms with van der Waals surface area (Å²) in [6.45, 7) is 3.22. The molecule has 1 fully saturated rings. The maximum absolute atomic E-state index is 5.90. The number of halogens is 1. The summed E-state index contributed by atoms with van der Waals surface area (Å²) in [4.78, 5) is 17.8. The third-order valence-electron chi connectivity index (χ3n) is 3.06. The zero-order valence-electron chi connectivity index (χ0n) is 8.94. The second kappa shape index (κ2) is 3.59. The predicted molar refractivity (Wildman–Crippen MR) is 62.7 cm³/mol. The van der Waals surface area contributed by atoms with E-state index in [1.54, 1.807) is 6.33 Å². The van der Waals surface area contributed by atoms with Gasteiger partial charge in [-0.15, -0.1) is 0 Å². The number of anilines is 1. The second-order valence-electron chi connectivity index (χ2n) is 4.10. The maximum atomic E-state index is 5.90. The summed E-state index contributed by atoms with van der Waals surface area (Å²) in [5.74, 6) is 0.873. The highest BCUT2D eigenvalue weighted by Crippen LogP contribution is 2.28. The van der Waals surface area contributed by atoms with Crippen molar-refractivity contribution in [1.82, 2.24) is 19.9 Å². The van der Waals surface area contributed by atoms with Gasteiger partial charge >= 0.3 is 0 Å². The van der Waals surface area contributed by atoms with E-state index < -0.39 is 0 Å². The molecule has 1 N–H and O–H groups in total. The first-order chi connectivity index (χ1) is 7.75. The Morgan fingerprint density at radius 1 is 1.50 bits per heavy atom. The molecule has 0 radical (unpaired) electrons. The van der Waals surface area contributed by atoms with Crippen LogP contribution in [0.5, 0.6) is 0 Å². The molecular weight excluding hydrogens is 226 g/mol. The summed E-state index contributed by atoms with van der Waals surface area (Å²) in [5.41, 5.74) is 1.51. The highest BCUT2D eigenvalue weighted by molar-refractivity contribution is 6.28. The van der Waals surface area contributed by atoms with E-state index in [-0.39, 0.29) is 5.28 Å². The molecule has 0 bridgehead atoms. The first-order valence-corrected chi connectivity index (χ1v) is 5.77. The number of nitrogens with zero attached hydrogens (tertiary/aromatic N) is 4. The number of H-pyrrole nitrogens is 1. The zero-order valence-corrected chi connectivity index (χ0v) is 9.70. The summed E-state index contributed by atoms with van der Waals surface area (Å²) in [6.07, 6.45) is 4.01. The van der Waals surface area contributed by atoms with E-state index in [0.717, 1.165) is 17.9 Å². The number of aromatic nitrogens is 4. The van der Waals surface area contributed by atoms with Crippen molar-refractivity contribution >= 4 is 28.6 Å². The van der Waals surface area contributed by atoms with Gasteiger partial charge in [-0.2, -0.15) is 9.97 Å². The average molecular weight is 238 g/mol. The Morgan fingerprint density at radius 2 is 2.38 bits per heavy atom. The van der Waals surface area contributed by atoms with Crippen molar-refractivity contribution in [2.24, 2.45) is 0 Å². The molecule has 1 unspecified atom stereocenters. The number of hydrogen-bond donors (Lipinski definition) is 1. The quantitative estimate of drug-likeness (QED) is 0.771. The van der Waals surface area contributed by atoms with E-state index in [2.05, 4.69) is 31.8 Å². The molecule has 1 aliphatic rings. The molecule has 16 heavy (non-hydrogen) atoms. The molecule has 0 spiro atoms. The van der Waals surface area contributed by atoms with Crippen LogP contribution in [-0.2, 0) is 0 Å². The van der Waals surface area contributed by atoms with Gasteiger partial charge in [0, 0.05) is 12.6 Å². The Kier molecular flexibility index (Phi) is 2.21. The van der Waals surface area contributed by atoms with Crippen molar-refractivity contribution < 1.29 is 0 Å². The van der Waals surface area contributed by atoms with E-state index >= 15 is 0 Å². The van der Waals surface area contributed by atoms with Gasteiger partial charge in [0.25, 0.3) is 0 Å². The van der Waals surface area contributed by atoms with E-state index in [0.29, 0.717) is 11.7 Å². The Bertz CT molecular complexity index is 523. The topological polar surface area (TPSA) is 57.7 Å². The Balaban J connectivity index is 2.17. The molecule has 0 saturated carbocycles. The second-order valence-corrected chi connectivity index (χ2v) is 4.44. The number of nitrogens with one attached hydrogen (secondary N) is 1. The first kappa shape index (κ1) is 9.84. The lowest BCUT2D eigenvalue weighted by Gasteiger charge is -2.22. The van der Waals surface area contributed by atoms with Gasteiger partial charge in [0.1, 0.15) is 5.52 Å². The van der Waals surface area contributed by atoms with Crippen LogP contribution < -0.4 is 4.90 Å². The monoisotopic (exact) mass is 237 g/mol. The van der Waals surface area contributed by atoms with Crippen LogP contribution in [0.1, 0.15) is 19.8 Å². The van der Waals surface area contributed by atoms with Gasteiger partial charge in [0.15, 0.2) is 11.5 Å². The third kappa shape index (κ3) is 1.43. The maximum Gasteiger partial charge on any atom is 0.226 e. The standard InChI is InChI=1S/C10H12ClN5/c1-6-3-2-4-16(6)9-7-8(13-5-12-7)14-10(11)15-9/h5-6H,2-4H2,1H3,(H,12,13,14,15). The lowest BCUT2D eigenvalue weighted by Crippen LogP contribution is -2.27. The van der Waals surface area contributed by atoms with Crippen LogP contribution in [0.3, 0.4) is 0 Å².